The molecular formula is C25H20N2OS. The van der Waals surface area contributed by atoms with E-state index in [0.29, 0.717) is 5.56 Å². The summed E-state index contributed by atoms with van der Waals surface area (Å²) in [6.45, 7) is 2.83. The summed E-state index contributed by atoms with van der Waals surface area (Å²) in [5, 5.41) is 4.08. The normalized spacial score (nSPS) is 11.3. The highest BCUT2D eigenvalue weighted by atomic mass is 32.1. The van der Waals surface area contributed by atoms with E-state index in [0.717, 1.165) is 28.4 Å². The summed E-state index contributed by atoms with van der Waals surface area (Å²) in [7, 11) is 0. The number of aromatic nitrogens is 1. The van der Waals surface area contributed by atoms with E-state index in [1.165, 1.54) is 21.6 Å². The Hall–Kier alpha value is -3.37. The van der Waals surface area contributed by atoms with E-state index < -0.39 is 5.91 Å². The minimum atomic E-state index is -0.396. The van der Waals surface area contributed by atoms with Crippen LogP contribution in [-0.4, -0.2) is 10.5 Å². The summed E-state index contributed by atoms with van der Waals surface area (Å²) < 4.78 is 2.29. The molecule has 4 heteroatoms. The van der Waals surface area contributed by atoms with E-state index in [1.54, 1.807) is 11.3 Å². The number of amides is 1. The van der Waals surface area contributed by atoms with Crippen LogP contribution < -0.4 is 5.73 Å². The maximum absolute atomic E-state index is 12.1. The van der Waals surface area contributed by atoms with Gasteiger partial charge in [-0.15, -0.1) is 11.3 Å². The standard InChI is InChI=1S/C25H20N2OS/c1-16-7-9-17(10-8-16)15-27-21-5-2-4-20(25(26)28)24(21)19-12-11-18(14-22(19)27)23-6-3-13-29-23/h2-14H,15H2,1H3,(H2,26,28). The Bertz CT molecular complexity index is 1350. The molecule has 0 atom stereocenters. The summed E-state index contributed by atoms with van der Waals surface area (Å²) in [4.78, 5) is 13.4. The van der Waals surface area contributed by atoms with Crippen LogP contribution in [0.5, 0.6) is 0 Å². The molecule has 0 saturated heterocycles. The third-order valence-electron chi connectivity index (χ3n) is 5.42. The number of thiophene rings is 1. The molecule has 2 heterocycles. The molecule has 0 aliphatic carbocycles. The minimum absolute atomic E-state index is 0.396. The molecule has 0 aliphatic heterocycles. The highest BCUT2D eigenvalue weighted by molar-refractivity contribution is 7.13. The van der Waals surface area contributed by atoms with Gasteiger partial charge >= 0.3 is 0 Å². The van der Waals surface area contributed by atoms with E-state index >= 15 is 0 Å². The van der Waals surface area contributed by atoms with Gasteiger partial charge in [-0.05, 0) is 47.7 Å². The highest BCUT2D eigenvalue weighted by Gasteiger charge is 2.17. The minimum Gasteiger partial charge on any atom is -0.366 e. The fraction of sp³-hybridized carbons (Fsp3) is 0.0800. The van der Waals surface area contributed by atoms with E-state index in [-0.39, 0.29) is 0 Å². The van der Waals surface area contributed by atoms with Crippen LogP contribution in [-0.2, 0) is 6.54 Å². The fourth-order valence-electron chi connectivity index (χ4n) is 3.99. The lowest BCUT2D eigenvalue weighted by Crippen LogP contribution is -2.11. The Balaban J connectivity index is 1.81. The van der Waals surface area contributed by atoms with E-state index in [1.807, 2.05) is 12.1 Å². The number of fused-ring (bicyclic) bond motifs is 3. The first kappa shape index (κ1) is 17.7. The molecule has 0 spiro atoms. The molecule has 0 aliphatic rings. The molecule has 0 bridgehead atoms. The molecule has 1 amide bonds. The van der Waals surface area contributed by atoms with Crippen LogP contribution in [0.25, 0.3) is 32.2 Å². The number of primary amides is 1. The highest BCUT2D eigenvalue weighted by Crippen LogP contribution is 2.36. The largest absolute Gasteiger partial charge is 0.366 e. The van der Waals surface area contributed by atoms with Crippen molar-refractivity contribution in [2.45, 2.75) is 13.5 Å². The van der Waals surface area contributed by atoms with Crippen molar-refractivity contribution < 1.29 is 4.79 Å². The number of hydrogen-bond acceptors (Lipinski definition) is 2. The predicted octanol–water partition coefficient (Wildman–Crippen LogP) is 5.98. The van der Waals surface area contributed by atoms with Crippen molar-refractivity contribution in [3.05, 3.63) is 94.9 Å². The molecule has 0 radical (unpaired) electrons. The van der Waals surface area contributed by atoms with Gasteiger partial charge in [-0.2, -0.15) is 0 Å². The molecule has 2 aromatic heterocycles. The maximum Gasteiger partial charge on any atom is 0.249 e. The van der Waals surface area contributed by atoms with Gasteiger partial charge in [0.2, 0.25) is 5.91 Å². The molecule has 3 nitrogen and oxygen atoms in total. The zero-order valence-corrected chi connectivity index (χ0v) is 16.9. The van der Waals surface area contributed by atoms with Gasteiger partial charge in [-0.25, -0.2) is 0 Å². The van der Waals surface area contributed by atoms with Gasteiger partial charge in [-0.3, -0.25) is 4.79 Å². The van der Waals surface area contributed by atoms with Gasteiger partial charge in [0.15, 0.2) is 0 Å². The van der Waals surface area contributed by atoms with Crippen molar-refractivity contribution in [2.24, 2.45) is 5.73 Å². The number of rotatable bonds is 4. The van der Waals surface area contributed by atoms with Crippen LogP contribution >= 0.6 is 11.3 Å². The average Bonchev–Trinajstić information content (AvgIpc) is 3.36. The van der Waals surface area contributed by atoms with Crippen molar-refractivity contribution >= 4 is 39.0 Å². The van der Waals surface area contributed by atoms with Crippen LogP contribution in [0.1, 0.15) is 21.5 Å². The summed E-state index contributed by atoms with van der Waals surface area (Å²) in [5.41, 5.74) is 12.1. The third-order valence-corrected chi connectivity index (χ3v) is 6.34. The lowest BCUT2D eigenvalue weighted by atomic mass is 10.0. The van der Waals surface area contributed by atoms with E-state index in [4.69, 9.17) is 5.73 Å². The Morgan fingerprint density at radius 2 is 1.79 bits per heavy atom. The zero-order chi connectivity index (χ0) is 20.0. The molecule has 5 rings (SSSR count). The fourth-order valence-corrected chi connectivity index (χ4v) is 4.72. The Kier molecular flexibility index (Phi) is 4.22. The van der Waals surface area contributed by atoms with Crippen LogP contribution in [0.15, 0.2) is 78.2 Å². The Labute approximate surface area is 173 Å². The van der Waals surface area contributed by atoms with Crippen LogP contribution in [0.3, 0.4) is 0 Å². The molecule has 142 valence electrons. The quantitative estimate of drug-likeness (QED) is 0.399. The van der Waals surface area contributed by atoms with Gasteiger partial charge < -0.3 is 10.3 Å². The summed E-state index contributed by atoms with van der Waals surface area (Å²) in [5.74, 6) is -0.396. The van der Waals surface area contributed by atoms with Crippen LogP contribution in [0.4, 0.5) is 0 Å². The van der Waals surface area contributed by atoms with Crippen LogP contribution in [0, 0.1) is 6.92 Å². The molecule has 0 saturated carbocycles. The lowest BCUT2D eigenvalue weighted by Gasteiger charge is -2.09. The van der Waals surface area contributed by atoms with Gasteiger partial charge in [0, 0.05) is 27.8 Å². The second-order valence-corrected chi connectivity index (χ2v) is 8.29. The number of carbonyl (C=O) groups excluding carboxylic acids is 1. The average molecular weight is 397 g/mol. The first-order chi connectivity index (χ1) is 14.1. The number of benzene rings is 3. The molecule has 0 fully saturated rings. The smallest absolute Gasteiger partial charge is 0.249 e. The van der Waals surface area contributed by atoms with Gasteiger partial charge in [0.05, 0.1) is 11.0 Å². The zero-order valence-electron chi connectivity index (χ0n) is 16.1. The van der Waals surface area contributed by atoms with Crippen LogP contribution in [0.2, 0.25) is 0 Å². The summed E-state index contributed by atoms with van der Waals surface area (Å²) in [6.07, 6.45) is 0. The predicted molar refractivity (Wildman–Crippen MR) is 122 cm³/mol. The number of aryl methyl sites for hydroxylation is 1. The molecule has 5 aromatic rings. The van der Waals surface area contributed by atoms with Gasteiger partial charge in [0.25, 0.3) is 0 Å². The first-order valence-electron chi connectivity index (χ1n) is 9.56. The Morgan fingerprint density at radius 1 is 0.966 bits per heavy atom. The molecule has 3 aromatic carbocycles. The number of hydrogen-bond donors (Lipinski definition) is 1. The van der Waals surface area contributed by atoms with Crippen molar-refractivity contribution in [1.29, 1.82) is 0 Å². The van der Waals surface area contributed by atoms with Crippen molar-refractivity contribution in [1.82, 2.24) is 4.57 Å². The van der Waals surface area contributed by atoms with Gasteiger partial charge in [0.1, 0.15) is 0 Å². The molecule has 0 unspecified atom stereocenters. The van der Waals surface area contributed by atoms with E-state index in [2.05, 4.69) is 77.5 Å². The SMILES string of the molecule is Cc1ccc(Cn2c3cc(-c4cccs4)ccc3c3c(C(N)=O)cccc32)cc1. The monoisotopic (exact) mass is 396 g/mol. The molecule has 29 heavy (non-hydrogen) atoms. The topological polar surface area (TPSA) is 48.0 Å². The summed E-state index contributed by atoms with van der Waals surface area (Å²) in [6, 6.07) is 25.0. The molecular weight excluding hydrogens is 376 g/mol. The third kappa shape index (κ3) is 3.02. The van der Waals surface area contributed by atoms with E-state index in [9.17, 15) is 4.79 Å². The molecule has 2 N–H and O–H groups in total. The van der Waals surface area contributed by atoms with Gasteiger partial charge in [-0.1, -0.05) is 54.1 Å². The first-order valence-corrected chi connectivity index (χ1v) is 10.4. The number of carbonyl (C=O) groups is 1. The lowest BCUT2D eigenvalue weighted by molar-refractivity contribution is 0.100. The Morgan fingerprint density at radius 3 is 2.52 bits per heavy atom. The maximum atomic E-state index is 12.1. The van der Waals surface area contributed by atoms with Crippen molar-refractivity contribution in [3.63, 3.8) is 0 Å². The second-order valence-electron chi connectivity index (χ2n) is 7.34. The number of nitrogens with zero attached hydrogens (tertiary/aromatic N) is 1. The second kappa shape index (κ2) is 6.90. The number of nitrogens with two attached hydrogens (primary N) is 1. The summed E-state index contributed by atoms with van der Waals surface area (Å²) >= 11 is 1.73. The van der Waals surface area contributed by atoms with Crippen molar-refractivity contribution in [3.8, 4) is 10.4 Å². The van der Waals surface area contributed by atoms with Crippen molar-refractivity contribution in [2.75, 3.05) is 0 Å².